The molecule has 100 valence electrons. The molecule has 2 aliphatic heterocycles. The Morgan fingerprint density at radius 3 is 2.89 bits per heavy atom. The average Bonchev–Trinajstić information content (AvgIpc) is 2.46. The highest BCUT2D eigenvalue weighted by atomic mass is 35.5. The molecule has 1 unspecified atom stereocenters. The molecule has 2 heterocycles. The van der Waals surface area contributed by atoms with E-state index in [1.807, 2.05) is 7.05 Å². The lowest BCUT2D eigenvalue weighted by Crippen LogP contribution is -2.57. The first-order chi connectivity index (χ1) is 9.06. The van der Waals surface area contributed by atoms with Gasteiger partial charge in [0.2, 0.25) is 5.91 Å². The van der Waals surface area contributed by atoms with E-state index in [4.69, 9.17) is 11.6 Å². The van der Waals surface area contributed by atoms with Gasteiger partial charge in [0, 0.05) is 24.7 Å². The molecule has 1 aromatic carbocycles. The highest BCUT2D eigenvalue weighted by Gasteiger charge is 2.38. The van der Waals surface area contributed by atoms with Crippen molar-refractivity contribution in [2.75, 3.05) is 32.0 Å². The van der Waals surface area contributed by atoms with E-state index in [2.05, 4.69) is 10.2 Å². The van der Waals surface area contributed by atoms with Gasteiger partial charge in [0.05, 0.1) is 11.3 Å². The number of hydrogen-bond acceptors (Lipinski definition) is 3. The normalized spacial score (nSPS) is 23.5. The van der Waals surface area contributed by atoms with Crippen LogP contribution in [0.4, 0.5) is 5.69 Å². The van der Waals surface area contributed by atoms with E-state index >= 15 is 0 Å². The topological polar surface area (TPSA) is 52.6 Å². The van der Waals surface area contributed by atoms with Gasteiger partial charge in [-0.2, -0.15) is 0 Å². The number of carbonyl (C=O) groups is 2. The molecule has 3 rings (SSSR count). The van der Waals surface area contributed by atoms with Gasteiger partial charge in [-0.25, -0.2) is 0 Å². The van der Waals surface area contributed by atoms with Crippen LogP contribution in [0, 0.1) is 0 Å². The number of amides is 2. The zero-order valence-corrected chi connectivity index (χ0v) is 11.3. The van der Waals surface area contributed by atoms with E-state index in [-0.39, 0.29) is 11.8 Å². The van der Waals surface area contributed by atoms with Crippen molar-refractivity contribution in [3.63, 3.8) is 0 Å². The molecule has 19 heavy (non-hydrogen) atoms. The molecule has 1 N–H and O–H groups in total. The largest absolute Gasteiger partial charge is 0.324 e. The Kier molecular flexibility index (Phi) is 2.95. The molecule has 6 heteroatoms. The monoisotopic (exact) mass is 279 g/mol. The van der Waals surface area contributed by atoms with Crippen molar-refractivity contribution in [2.24, 2.45) is 0 Å². The maximum absolute atomic E-state index is 12.5. The van der Waals surface area contributed by atoms with Crippen LogP contribution in [0.25, 0.3) is 0 Å². The molecule has 1 aromatic rings. The highest BCUT2D eigenvalue weighted by Crippen LogP contribution is 2.27. The second kappa shape index (κ2) is 4.51. The van der Waals surface area contributed by atoms with Gasteiger partial charge < -0.3 is 15.1 Å². The second-order valence-electron chi connectivity index (χ2n) is 4.96. The molecule has 0 bridgehead atoms. The molecular formula is C13H14ClN3O2. The number of carbonyl (C=O) groups excluding carboxylic acids is 2. The number of fused-ring (bicyclic) bond motifs is 2. The van der Waals surface area contributed by atoms with Gasteiger partial charge in [0.25, 0.3) is 5.91 Å². The van der Waals surface area contributed by atoms with Crippen LogP contribution < -0.4 is 5.32 Å². The van der Waals surface area contributed by atoms with Crippen molar-refractivity contribution in [1.29, 1.82) is 0 Å². The Morgan fingerprint density at radius 2 is 2.11 bits per heavy atom. The number of halogens is 1. The zero-order chi connectivity index (χ0) is 13.6. The minimum atomic E-state index is -0.433. The quantitative estimate of drug-likeness (QED) is 0.772. The standard InChI is InChI=1S/C13H14ClN3O2/c1-16-4-5-17-11(7-16)12(18)15-10-6-8(14)2-3-9(10)13(17)19/h2-3,6,11H,4-5,7H2,1H3,(H,15,18). The highest BCUT2D eigenvalue weighted by molar-refractivity contribution is 6.31. The van der Waals surface area contributed by atoms with Crippen LogP contribution >= 0.6 is 11.6 Å². The van der Waals surface area contributed by atoms with Crippen LogP contribution in [0.3, 0.4) is 0 Å². The summed E-state index contributed by atoms with van der Waals surface area (Å²) in [5.41, 5.74) is 1.00. The molecule has 0 aromatic heterocycles. The van der Waals surface area contributed by atoms with Crippen molar-refractivity contribution in [3.05, 3.63) is 28.8 Å². The van der Waals surface area contributed by atoms with E-state index < -0.39 is 6.04 Å². The van der Waals surface area contributed by atoms with Crippen LogP contribution in [0.15, 0.2) is 18.2 Å². The fourth-order valence-electron chi connectivity index (χ4n) is 2.56. The molecule has 0 spiro atoms. The molecular weight excluding hydrogens is 266 g/mol. The molecule has 0 saturated carbocycles. The number of rotatable bonds is 0. The summed E-state index contributed by atoms with van der Waals surface area (Å²) in [5, 5.41) is 3.30. The summed E-state index contributed by atoms with van der Waals surface area (Å²) in [6, 6.07) is 4.52. The zero-order valence-electron chi connectivity index (χ0n) is 10.5. The lowest BCUT2D eigenvalue weighted by molar-refractivity contribution is -0.122. The van der Waals surface area contributed by atoms with E-state index in [1.54, 1.807) is 23.1 Å². The molecule has 1 atom stereocenters. The lowest BCUT2D eigenvalue weighted by atomic mass is 10.1. The van der Waals surface area contributed by atoms with Gasteiger partial charge in [-0.3, -0.25) is 9.59 Å². The van der Waals surface area contributed by atoms with Crippen molar-refractivity contribution in [2.45, 2.75) is 6.04 Å². The lowest BCUT2D eigenvalue weighted by Gasteiger charge is -2.37. The van der Waals surface area contributed by atoms with Gasteiger partial charge in [-0.1, -0.05) is 11.6 Å². The van der Waals surface area contributed by atoms with Crippen LogP contribution in [-0.4, -0.2) is 54.3 Å². The Balaban J connectivity index is 2.05. The molecule has 2 aliphatic rings. The first-order valence-corrected chi connectivity index (χ1v) is 6.54. The van der Waals surface area contributed by atoms with Crippen LogP contribution in [0.2, 0.25) is 5.02 Å². The predicted molar refractivity (Wildman–Crippen MR) is 72.4 cm³/mol. The minimum absolute atomic E-state index is 0.108. The van der Waals surface area contributed by atoms with Crippen molar-refractivity contribution in [1.82, 2.24) is 9.80 Å². The SMILES string of the molecule is CN1CCN2C(=O)c3ccc(Cl)cc3NC(=O)C2C1. The van der Waals surface area contributed by atoms with Gasteiger partial charge in [0.15, 0.2) is 0 Å². The molecule has 0 radical (unpaired) electrons. The number of likely N-dealkylation sites (N-methyl/N-ethyl adjacent to an activating group) is 1. The number of piperazine rings is 1. The summed E-state index contributed by atoms with van der Waals surface area (Å²) < 4.78 is 0. The van der Waals surface area contributed by atoms with Gasteiger partial charge in [-0.05, 0) is 25.2 Å². The van der Waals surface area contributed by atoms with Gasteiger partial charge in [0.1, 0.15) is 6.04 Å². The van der Waals surface area contributed by atoms with Gasteiger partial charge in [-0.15, -0.1) is 0 Å². The summed E-state index contributed by atoms with van der Waals surface area (Å²) in [6.07, 6.45) is 0. The van der Waals surface area contributed by atoms with E-state index in [9.17, 15) is 9.59 Å². The summed E-state index contributed by atoms with van der Waals surface area (Å²) in [6.45, 7) is 1.90. The third-order valence-electron chi connectivity index (χ3n) is 3.62. The number of hydrogen-bond donors (Lipinski definition) is 1. The minimum Gasteiger partial charge on any atom is -0.324 e. The smallest absolute Gasteiger partial charge is 0.256 e. The number of nitrogens with zero attached hydrogens (tertiary/aromatic N) is 2. The van der Waals surface area contributed by atoms with Crippen molar-refractivity contribution < 1.29 is 9.59 Å². The van der Waals surface area contributed by atoms with E-state index in [0.29, 0.717) is 29.4 Å². The van der Waals surface area contributed by atoms with Crippen LogP contribution in [-0.2, 0) is 4.79 Å². The number of benzene rings is 1. The Hall–Kier alpha value is -1.59. The first-order valence-electron chi connectivity index (χ1n) is 6.16. The molecule has 1 saturated heterocycles. The second-order valence-corrected chi connectivity index (χ2v) is 5.39. The maximum Gasteiger partial charge on any atom is 0.256 e. The van der Waals surface area contributed by atoms with E-state index in [1.165, 1.54) is 0 Å². The fourth-order valence-corrected chi connectivity index (χ4v) is 2.74. The third kappa shape index (κ3) is 2.09. The number of nitrogens with one attached hydrogen (secondary N) is 1. The van der Waals surface area contributed by atoms with Crippen molar-refractivity contribution in [3.8, 4) is 0 Å². The Labute approximate surface area is 116 Å². The molecule has 0 aliphatic carbocycles. The Morgan fingerprint density at radius 1 is 1.32 bits per heavy atom. The van der Waals surface area contributed by atoms with Crippen LogP contribution in [0.5, 0.6) is 0 Å². The number of anilines is 1. The van der Waals surface area contributed by atoms with Crippen molar-refractivity contribution >= 4 is 29.1 Å². The Bertz CT molecular complexity index is 561. The molecule has 1 fully saturated rings. The molecule has 5 nitrogen and oxygen atoms in total. The summed E-state index contributed by atoms with van der Waals surface area (Å²) in [5.74, 6) is -0.260. The summed E-state index contributed by atoms with van der Waals surface area (Å²) in [7, 11) is 1.95. The molecule has 2 amide bonds. The predicted octanol–water partition coefficient (Wildman–Crippen LogP) is 1.05. The maximum atomic E-state index is 12.5. The first kappa shape index (κ1) is 12.4. The average molecular weight is 280 g/mol. The third-order valence-corrected chi connectivity index (χ3v) is 3.85. The summed E-state index contributed by atoms with van der Waals surface area (Å²) >= 11 is 5.92. The van der Waals surface area contributed by atoms with Gasteiger partial charge >= 0.3 is 0 Å². The van der Waals surface area contributed by atoms with E-state index in [0.717, 1.165) is 6.54 Å². The van der Waals surface area contributed by atoms with Crippen LogP contribution in [0.1, 0.15) is 10.4 Å². The fraction of sp³-hybridized carbons (Fsp3) is 0.385. The summed E-state index contributed by atoms with van der Waals surface area (Å²) in [4.78, 5) is 28.4.